The molecule has 9 heteroatoms. The van der Waals surface area contributed by atoms with Crippen LogP contribution >= 0.6 is 35.0 Å². The van der Waals surface area contributed by atoms with Gasteiger partial charge in [0.2, 0.25) is 11.1 Å². The van der Waals surface area contributed by atoms with Crippen LogP contribution in [-0.2, 0) is 11.4 Å². The number of nitrogens with one attached hydrogen (secondary N) is 2. The molecular formula is C17H14Cl2N4O2S. The Kier molecular flexibility index (Phi) is 6.38. The van der Waals surface area contributed by atoms with Crippen LogP contribution in [-0.4, -0.2) is 26.8 Å². The van der Waals surface area contributed by atoms with Crippen LogP contribution < -0.4 is 10.1 Å². The molecular weight excluding hydrogens is 395 g/mol. The number of ether oxygens (including phenoxy) is 1. The molecule has 0 spiro atoms. The number of amides is 1. The molecule has 0 atom stereocenters. The van der Waals surface area contributed by atoms with E-state index in [-0.39, 0.29) is 18.3 Å². The van der Waals surface area contributed by atoms with E-state index in [0.717, 1.165) is 0 Å². The lowest BCUT2D eigenvalue weighted by atomic mass is 10.3. The molecule has 1 amide bonds. The average molecular weight is 409 g/mol. The molecule has 0 unspecified atom stereocenters. The molecule has 2 aromatic carbocycles. The van der Waals surface area contributed by atoms with E-state index in [1.54, 1.807) is 48.5 Å². The fourth-order valence-corrected chi connectivity index (χ4v) is 2.82. The van der Waals surface area contributed by atoms with E-state index in [9.17, 15) is 4.79 Å². The van der Waals surface area contributed by atoms with Crippen molar-refractivity contribution in [2.75, 3.05) is 11.1 Å². The van der Waals surface area contributed by atoms with Crippen LogP contribution in [0, 0.1) is 0 Å². The van der Waals surface area contributed by atoms with Gasteiger partial charge in [0.25, 0.3) is 0 Å². The highest BCUT2D eigenvalue weighted by Crippen LogP contribution is 2.18. The lowest BCUT2D eigenvalue weighted by Crippen LogP contribution is -2.13. The summed E-state index contributed by atoms with van der Waals surface area (Å²) in [5.74, 6) is 1.29. The van der Waals surface area contributed by atoms with Crippen LogP contribution in [0.1, 0.15) is 5.82 Å². The first-order valence-corrected chi connectivity index (χ1v) is 9.30. The largest absolute Gasteiger partial charge is 0.486 e. The second-order valence-corrected chi connectivity index (χ2v) is 6.97. The number of halogens is 2. The molecule has 0 aliphatic carbocycles. The van der Waals surface area contributed by atoms with Crippen LogP contribution in [0.5, 0.6) is 5.75 Å². The lowest BCUT2D eigenvalue weighted by Gasteiger charge is -2.04. The highest BCUT2D eigenvalue weighted by molar-refractivity contribution is 7.99. The number of thioether (sulfide) groups is 1. The van der Waals surface area contributed by atoms with Gasteiger partial charge in [-0.15, -0.1) is 5.10 Å². The molecule has 2 N–H and O–H groups in total. The lowest BCUT2D eigenvalue weighted by molar-refractivity contribution is -0.113. The minimum Gasteiger partial charge on any atom is -0.486 e. The summed E-state index contributed by atoms with van der Waals surface area (Å²) < 4.78 is 5.58. The number of aromatic amines is 1. The topological polar surface area (TPSA) is 79.9 Å². The van der Waals surface area contributed by atoms with E-state index < -0.39 is 0 Å². The summed E-state index contributed by atoms with van der Waals surface area (Å²) in [6.45, 7) is 0.242. The van der Waals surface area contributed by atoms with E-state index in [2.05, 4.69) is 20.5 Å². The summed E-state index contributed by atoms with van der Waals surface area (Å²) >= 11 is 12.9. The highest BCUT2D eigenvalue weighted by atomic mass is 35.5. The fourth-order valence-electron chi connectivity index (χ4n) is 1.95. The van der Waals surface area contributed by atoms with Gasteiger partial charge >= 0.3 is 0 Å². The third kappa shape index (κ3) is 5.66. The van der Waals surface area contributed by atoms with E-state index in [1.165, 1.54) is 11.8 Å². The highest BCUT2D eigenvalue weighted by Gasteiger charge is 2.09. The zero-order valence-electron chi connectivity index (χ0n) is 13.4. The van der Waals surface area contributed by atoms with Crippen molar-refractivity contribution >= 4 is 46.6 Å². The van der Waals surface area contributed by atoms with Gasteiger partial charge < -0.3 is 10.1 Å². The van der Waals surface area contributed by atoms with Crippen molar-refractivity contribution in [3.63, 3.8) is 0 Å². The first-order chi connectivity index (χ1) is 12.6. The first-order valence-electron chi connectivity index (χ1n) is 7.56. The number of carbonyl (C=O) groups is 1. The molecule has 0 saturated heterocycles. The van der Waals surface area contributed by atoms with E-state index in [4.69, 9.17) is 27.9 Å². The molecule has 0 bridgehead atoms. The van der Waals surface area contributed by atoms with Crippen molar-refractivity contribution in [2.45, 2.75) is 11.8 Å². The Morgan fingerprint density at radius 2 is 1.73 bits per heavy atom. The number of H-pyrrole nitrogens is 1. The van der Waals surface area contributed by atoms with Gasteiger partial charge in [-0.2, -0.15) is 0 Å². The van der Waals surface area contributed by atoms with Crippen LogP contribution in [0.4, 0.5) is 5.69 Å². The van der Waals surface area contributed by atoms with Crippen LogP contribution in [0.3, 0.4) is 0 Å². The molecule has 3 aromatic rings. The van der Waals surface area contributed by atoms with Gasteiger partial charge in [-0.1, -0.05) is 35.0 Å². The summed E-state index contributed by atoms with van der Waals surface area (Å²) in [6, 6.07) is 14.0. The minimum absolute atomic E-state index is 0.152. The quantitative estimate of drug-likeness (QED) is 0.565. The van der Waals surface area contributed by atoms with E-state index >= 15 is 0 Å². The van der Waals surface area contributed by atoms with Crippen molar-refractivity contribution in [1.29, 1.82) is 0 Å². The maximum Gasteiger partial charge on any atom is 0.234 e. The molecule has 1 aromatic heterocycles. The Labute approximate surface area is 164 Å². The standard InChI is InChI=1S/C17H14Cl2N4O2S/c18-11-1-5-13(6-2-11)20-16(24)10-26-17-21-15(22-23-17)9-25-14-7-3-12(19)4-8-14/h1-8H,9-10H2,(H,20,24)(H,21,22,23). The van der Waals surface area contributed by atoms with Crippen molar-refractivity contribution in [3.05, 3.63) is 64.4 Å². The minimum atomic E-state index is -0.152. The Morgan fingerprint density at radius 1 is 1.08 bits per heavy atom. The predicted octanol–water partition coefficient (Wildman–Crippen LogP) is 4.42. The maximum atomic E-state index is 11.9. The smallest absolute Gasteiger partial charge is 0.234 e. The summed E-state index contributed by atoms with van der Waals surface area (Å²) in [7, 11) is 0. The first kappa shape index (κ1) is 18.6. The molecule has 0 aliphatic heterocycles. The number of nitrogens with zero attached hydrogens (tertiary/aromatic N) is 2. The van der Waals surface area contributed by atoms with Gasteiger partial charge in [-0.3, -0.25) is 9.89 Å². The van der Waals surface area contributed by atoms with Crippen molar-refractivity contribution in [1.82, 2.24) is 15.2 Å². The van der Waals surface area contributed by atoms with Crippen LogP contribution in [0.2, 0.25) is 10.0 Å². The second kappa shape index (κ2) is 8.93. The van der Waals surface area contributed by atoms with Crippen molar-refractivity contribution in [2.24, 2.45) is 0 Å². The molecule has 134 valence electrons. The van der Waals surface area contributed by atoms with Gasteiger partial charge in [-0.05, 0) is 48.5 Å². The maximum absolute atomic E-state index is 11.9. The zero-order valence-corrected chi connectivity index (χ0v) is 15.7. The summed E-state index contributed by atoms with van der Waals surface area (Å²) in [5, 5.41) is 11.4. The summed E-state index contributed by atoms with van der Waals surface area (Å²) in [5.41, 5.74) is 0.687. The van der Waals surface area contributed by atoms with Crippen LogP contribution in [0.25, 0.3) is 0 Å². The van der Waals surface area contributed by atoms with Crippen molar-refractivity contribution < 1.29 is 9.53 Å². The Morgan fingerprint density at radius 3 is 2.42 bits per heavy atom. The molecule has 6 nitrogen and oxygen atoms in total. The normalized spacial score (nSPS) is 10.5. The van der Waals surface area contributed by atoms with Gasteiger partial charge in [0, 0.05) is 15.7 Å². The number of hydrogen-bond donors (Lipinski definition) is 2. The number of hydrogen-bond acceptors (Lipinski definition) is 5. The SMILES string of the molecule is O=C(CSc1n[nH]c(COc2ccc(Cl)cc2)n1)Nc1ccc(Cl)cc1. The number of carbonyl (C=O) groups excluding carboxylic acids is 1. The predicted molar refractivity (Wildman–Crippen MR) is 103 cm³/mol. The zero-order chi connectivity index (χ0) is 18.4. The molecule has 1 heterocycles. The molecule has 3 rings (SSSR count). The monoisotopic (exact) mass is 408 g/mol. The summed E-state index contributed by atoms with van der Waals surface area (Å²) in [6.07, 6.45) is 0. The van der Waals surface area contributed by atoms with Gasteiger partial charge in [0.1, 0.15) is 12.4 Å². The summed E-state index contributed by atoms with van der Waals surface area (Å²) in [4.78, 5) is 16.2. The van der Waals surface area contributed by atoms with Gasteiger partial charge in [0.15, 0.2) is 5.82 Å². The Hall–Kier alpha value is -2.22. The fraction of sp³-hybridized carbons (Fsp3) is 0.118. The van der Waals surface area contributed by atoms with E-state index in [1.807, 2.05) is 0 Å². The number of anilines is 1. The Balaban J connectivity index is 1.45. The van der Waals surface area contributed by atoms with Crippen molar-refractivity contribution in [3.8, 4) is 5.75 Å². The Bertz CT molecular complexity index is 869. The average Bonchev–Trinajstić information content (AvgIpc) is 3.09. The number of benzene rings is 2. The number of rotatable bonds is 7. The van der Waals surface area contributed by atoms with Crippen LogP contribution in [0.15, 0.2) is 53.7 Å². The van der Waals surface area contributed by atoms with E-state index in [0.29, 0.717) is 32.5 Å². The molecule has 0 aliphatic rings. The van der Waals surface area contributed by atoms with Gasteiger partial charge in [0.05, 0.1) is 5.75 Å². The third-order valence-electron chi connectivity index (χ3n) is 3.16. The molecule has 0 radical (unpaired) electrons. The number of aromatic nitrogens is 3. The second-order valence-electron chi connectivity index (χ2n) is 5.15. The third-order valence-corrected chi connectivity index (χ3v) is 4.51. The molecule has 0 fully saturated rings. The molecule has 0 saturated carbocycles. The molecule has 26 heavy (non-hydrogen) atoms. The van der Waals surface area contributed by atoms with Gasteiger partial charge in [-0.25, -0.2) is 4.98 Å².